The summed E-state index contributed by atoms with van der Waals surface area (Å²) in [7, 11) is 1.67. The SMILES string of the molecule is COCCN1C[C@H](Cc2cc(C)ccc2C)CC1=O. The number of hydrogen-bond acceptors (Lipinski definition) is 2. The third-order valence-electron chi connectivity index (χ3n) is 3.87. The van der Waals surface area contributed by atoms with E-state index in [1.165, 1.54) is 16.7 Å². The van der Waals surface area contributed by atoms with Gasteiger partial charge in [0.15, 0.2) is 0 Å². The van der Waals surface area contributed by atoms with Crippen molar-refractivity contribution in [2.45, 2.75) is 26.7 Å². The van der Waals surface area contributed by atoms with Crippen LogP contribution in [0.2, 0.25) is 0 Å². The van der Waals surface area contributed by atoms with E-state index in [2.05, 4.69) is 32.0 Å². The van der Waals surface area contributed by atoms with Gasteiger partial charge in [-0.05, 0) is 37.3 Å². The molecule has 19 heavy (non-hydrogen) atoms. The minimum Gasteiger partial charge on any atom is -0.383 e. The van der Waals surface area contributed by atoms with Gasteiger partial charge in [-0.2, -0.15) is 0 Å². The van der Waals surface area contributed by atoms with Gasteiger partial charge in [0, 0.05) is 26.6 Å². The lowest BCUT2D eigenvalue weighted by molar-refractivity contribution is -0.128. The molecule has 3 heteroatoms. The number of benzene rings is 1. The fourth-order valence-corrected chi connectivity index (χ4v) is 2.74. The normalized spacial score (nSPS) is 19.2. The first kappa shape index (κ1) is 14.1. The minimum atomic E-state index is 0.271. The zero-order valence-electron chi connectivity index (χ0n) is 12.1. The molecular formula is C16H23NO2. The van der Waals surface area contributed by atoms with Crippen molar-refractivity contribution in [3.05, 3.63) is 34.9 Å². The maximum Gasteiger partial charge on any atom is 0.223 e. The highest BCUT2D eigenvalue weighted by molar-refractivity contribution is 5.78. The lowest BCUT2D eigenvalue weighted by atomic mass is 9.94. The molecule has 1 amide bonds. The van der Waals surface area contributed by atoms with Gasteiger partial charge in [-0.3, -0.25) is 4.79 Å². The monoisotopic (exact) mass is 261 g/mol. The Morgan fingerprint density at radius 2 is 2.16 bits per heavy atom. The lowest BCUT2D eigenvalue weighted by Crippen LogP contribution is -2.28. The molecule has 0 bridgehead atoms. The zero-order valence-corrected chi connectivity index (χ0v) is 12.1. The molecule has 0 aliphatic carbocycles. The highest BCUT2D eigenvalue weighted by Crippen LogP contribution is 2.23. The van der Waals surface area contributed by atoms with Gasteiger partial charge >= 0.3 is 0 Å². The third-order valence-corrected chi connectivity index (χ3v) is 3.87. The van der Waals surface area contributed by atoms with Crippen molar-refractivity contribution in [3.8, 4) is 0 Å². The predicted molar refractivity (Wildman–Crippen MR) is 76.2 cm³/mol. The largest absolute Gasteiger partial charge is 0.383 e. The van der Waals surface area contributed by atoms with Crippen molar-refractivity contribution in [2.75, 3.05) is 26.8 Å². The van der Waals surface area contributed by atoms with Crippen LogP contribution in [0.5, 0.6) is 0 Å². The molecule has 1 aliphatic heterocycles. The number of nitrogens with zero attached hydrogens (tertiary/aromatic N) is 1. The first-order valence-corrected chi connectivity index (χ1v) is 6.93. The first-order chi connectivity index (χ1) is 9.10. The van der Waals surface area contributed by atoms with Crippen molar-refractivity contribution in [1.29, 1.82) is 0 Å². The first-order valence-electron chi connectivity index (χ1n) is 6.93. The number of amides is 1. The van der Waals surface area contributed by atoms with E-state index < -0.39 is 0 Å². The van der Waals surface area contributed by atoms with Crippen LogP contribution in [-0.4, -0.2) is 37.6 Å². The van der Waals surface area contributed by atoms with E-state index in [1.807, 2.05) is 4.90 Å². The second-order valence-electron chi connectivity index (χ2n) is 5.54. The van der Waals surface area contributed by atoms with Crippen LogP contribution in [-0.2, 0) is 16.0 Å². The van der Waals surface area contributed by atoms with Crippen molar-refractivity contribution in [3.63, 3.8) is 0 Å². The van der Waals surface area contributed by atoms with E-state index in [1.54, 1.807) is 7.11 Å². The fourth-order valence-electron chi connectivity index (χ4n) is 2.74. The number of rotatable bonds is 5. The fraction of sp³-hybridized carbons (Fsp3) is 0.562. The standard InChI is InChI=1S/C16H23NO2/c1-12-4-5-13(2)15(8-12)9-14-10-16(18)17(11-14)6-7-19-3/h4-5,8,14H,6-7,9-11H2,1-3H3/t14-/m1/s1. The molecule has 2 rings (SSSR count). The van der Waals surface area contributed by atoms with Crippen LogP contribution < -0.4 is 0 Å². The molecule has 0 spiro atoms. The Morgan fingerprint density at radius 1 is 1.37 bits per heavy atom. The van der Waals surface area contributed by atoms with E-state index in [0.29, 0.717) is 18.9 Å². The van der Waals surface area contributed by atoms with E-state index in [9.17, 15) is 4.79 Å². The van der Waals surface area contributed by atoms with Crippen molar-refractivity contribution >= 4 is 5.91 Å². The Hall–Kier alpha value is -1.35. The predicted octanol–water partition coefficient (Wildman–Crippen LogP) is 2.34. The Kier molecular flexibility index (Phi) is 4.59. The molecule has 1 atom stereocenters. The average Bonchev–Trinajstić information content (AvgIpc) is 2.72. The molecule has 0 aromatic heterocycles. The van der Waals surface area contributed by atoms with Gasteiger partial charge in [0.25, 0.3) is 0 Å². The maximum atomic E-state index is 11.9. The molecular weight excluding hydrogens is 238 g/mol. The summed E-state index contributed by atoms with van der Waals surface area (Å²) >= 11 is 0. The zero-order chi connectivity index (χ0) is 13.8. The van der Waals surface area contributed by atoms with E-state index in [-0.39, 0.29) is 5.91 Å². The summed E-state index contributed by atoms with van der Waals surface area (Å²) in [6, 6.07) is 6.56. The van der Waals surface area contributed by atoms with Crippen molar-refractivity contribution in [1.82, 2.24) is 4.90 Å². The number of ether oxygens (including phenoxy) is 1. The Morgan fingerprint density at radius 3 is 2.89 bits per heavy atom. The summed E-state index contributed by atoms with van der Waals surface area (Å²) in [6.07, 6.45) is 1.68. The van der Waals surface area contributed by atoms with Gasteiger partial charge < -0.3 is 9.64 Å². The summed E-state index contributed by atoms with van der Waals surface area (Å²) in [5.41, 5.74) is 4.00. The van der Waals surface area contributed by atoms with Gasteiger partial charge in [-0.15, -0.1) is 0 Å². The summed E-state index contributed by atoms with van der Waals surface area (Å²) in [6.45, 7) is 6.48. The third kappa shape index (κ3) is 3.57. The van der Waals surface area contributed by atoms with Crippen LogP contribution in [0.3, 0.4) is 0 Å². The smallest absolute Gasteiger partial charge is 0.223 e. The van der Waals surface area contributed by atoms with E-state index in [4.69, 9.17) is 4.74 Å². The highest BCUT2D eigenvalue weighted by atomic mass is 16.5. The summed E-state index contributed by atoms with van der Waals surface area (Å²) < 4.78 is 5.05. The van der Waals surface area contributed by atoms with Crippen LogP contribution in [0.1, 0.15) is 23.1 Å². The van der Waals surface area contributed by atoms with Gasteiger partial charge in [0.1, 0.15) is 0 Å². The molecule has 104 valence electrons. The Labute approximate surface area is 115 Å². The van der Waals surface area contributed by atoms with Crippen molar-refractivity contribution < 1.29 is 9.53 Å². The number of aryl methyl sites for hydroxylation is 2. The molecule has 1 aliphatic rings. The van der Waals surface area contributed by atoms with Crippen LogP contribution in [0.15, 0.2) is 18.2 Å². The van der Waals surface area contributed by atoms with Gasteiger partial charge in [-0.25, -0.2) is 0 Å². The average molecular weight is 261 g/mol. The maximum absolute atomic E-state index is 11.9. The number of carbonyl (C=O) groups excluding carboxylic acids is 1. The van der Waals surface area contributed by atoms with Crippen LogP contribution >= 0.6 is 0 Å². The number of methoxy groups -OCH3 is 1. The molecule has 3 nitrogen and oxygen atoms in total. The number of carbonyl (C=O) groups is 1. The Bertz CT molecular complexity index is 456. The summed E-state index contributed by atoms with van der Waals surface area (Å²) in [5.74, 6) is 0.720. The minimum absolute atomic E-state index is 0.271. The lowest BCUT2D eigenvalue weighted by Gasteiger charge is -2.16. The van der Waals surface area contributed by atoms with Crippen LogP contribution in [0.4, 0.5) is 0 Å². The summed E-state index contributed by atoms with van der Waals surface area (Å²) in [5, 5.41) is 0. The molecule has 1 heterocycles. The molecule has 0 saturated carbocycles. The van der Waals surface area contributed by atoms with Gasteiger partial charge in [0.05, 0.1) is 6.61 Å². The Balaban J connectivity index is 1.97. The highest BCUT2D eigenvalue weighted by Gasteiger charge is 2.29. The van der Waals surface area contributed by atoms with E-state index in [0.717, 1.165) is 19.5 Å². The van der Waals surface area contributed by atoms with Gasteiger partial charge in [0.2, 0.25) is 5.91 Å². The quantitative estimate of drug-likeness (QED) is 0.814. The van der Waals surface area contributed by atoms with Crippen LogP contribution in [0.25, 0.3) is 0 Å². The second kappa shape index (κ2) is 6.20. The van der Waals surface area contributed by atoms with Gasteiger partial charge in [-0.1, -0.05) is 23.8 Å². The molecule has 1 aromatic rings. The van der Waals surface area contributed by atoms with E-state index >= 15 is 0 Å². The summed E-state index contributed by atoms with van der Waals surface area (Å²) in [4.78, 5) is 13.8. The molecule has 0 unspecified atom stereocenters. The number of likely N-dealkylation sites (tertiary alicyclic amines) is 1. The molecule has 1 aromatic carbocycles. The molecule has 1 fully saturated rings. The molecule has 1 saturated heterocycles. The molecule has 0 N–H and O–H groups in total. The van der Waals surface area contributed by atoms with Crippen molar-refractivity contribution in [2.24, 2.45) is 5.92 Å². The second-order valence-corrected chi connectivity index (χ2v) is 5.54. The molecule has 0 radical (unpaired) electrons. The topological polar surface area (TPSA) is 29.5 Å². The number of hydrogen-bond donors (Lipinski definition) is 0. The van der Waals surface area contributed by atoms with Crippen LogP contribution in [0, 0.1) is 19.8 Å².